The van der Waals surface area contributed by atoms with Crippen molar-refractivity contribution in [3.63, 3.8) is 0 Å². The van der Waals surface area contributed by atoms with Gasteiger partial charge in [0.15, 0.2) is 0 Å². The van der Waals surface area contributed by atoms with Crippen molar-refractivity contribution in [3.8, 4) is 0 Å². The monoisotopic (exact) mass is 156 g/mol. The Morgan fingerprint density at radius 3 is 1.27 bits per heavy atom. The van der Waals surface area contributed by atoms with Crippen LogP contribution in [0.1, 0.15) is 12.8 Å². The second-order valence-corrected chi connectivity index (χ2v) is 1.35. The maximum absolute atomic E-state index is 10.0. The molecule has 1 aliphatic heterocycles. The van der Waals surface area contributed by atoms with Crippen molar-refractivity contribution < 1.29 is 14.3 Å². The maximum atomic E-state index is 10.0. The second-order valence-electron chi connectivity index (χ2n) is 1.35. The third kappa shape index (κ3) is 6.51. The third-order valence-electron chi connectivity index (χ3n) is 0.761. The lowest BCUT2D eigenvalue weighted by Crippen LogP contribution is -1.94. The summed E-state index contributed by atoms with van der Waals surface area (Å²) < 4.78 is 4.08. The van der Waals surface area contributed by atoms with Crippen LogP contribution in [0.15, 0.2) is 26.3 Å². The van der Waals surface area contributed by atoms with E-state index in [4.69, 9.17) is 0 Å². The Bertz CT molecular complexity index is 124. The molecule has 1 saturated heterocycles. The summed E-state index contributed by atoms with van der Waals surface area (Å²) in [6.07, 6.45) is 0.525. The number of ether oxygens (including phenoxy) is 1. The first kappa shape index (κ1) is 12.3. The normalized spacial score (nSPS) is 13.5. The lowest BCUT2D eigenvalue weighted by Gasteiger charge is -1.79. The Morgan fingerprint density at radius 1 is 0.909 bits per heavy atom. The van der Waals surface area contributed by atoms with Gasteiger partial charge in [-0.05, 0) is 0 Å². The molecule has 0 atom stereocenters. The van der Waals surface area contributed by atoms with E-state index in [0.717, 1.165) is 0 Å². The van der Waals surface area contributed by atoms with Crippen LogP contribution in [0.4, 0.5) is 0 Å². The number of hydrogen-bond donors (Lipinski definition) is 0. The number of cyclic esters (lactones) is 2. The van der Waals surface area contributed by atoms with Gasteiger partial charge in [0.1, 0.15) is 0 Å². The molecule has 0 aromatic carbocycles. The van der Waals surface area contributed by atoms with Crippen LogP contribution in [0.5, 0.6) is 0 Å². The zero-order chi connectivity index (χ0) is 9.28. The highest BCUT2D eigenvalue weighted by Gasteiger charge is 2.19. The van der Waals surface area contributed by atoms with Crippen molar-refractivity contribution in [3.05, 3.63) is 26.3 Å². The minimum Gasteiger partial charge on any atom is -0.393 e. The molecule has 1 rings (SSSR count). The fourth-order valence-electron chi connectivity index (χ4n) is 0.433. The summed E-state index contributed by atoms with van der Waals surface area (Å²) in [4.78, 5) is 20.0. The molecule has 1 aliphatic rings. The van der Waals surface area contributed by atoms with Gasteiger partial charge in [-0.25, -0.2) is 0 Å². The van der Waals surface area contributed by atoms with Gasteiger partial charge in [-0.2, -0.15) is 0 Å². The molecule has 3 nitrogen and oxygen atoms in total. The van der Waals surface area contributed by atoms with Gasteiger partial charge in [0.25, 0.3) is 0 Å². The minimum absolute atomic E-state index is 0.263. The van der Waals surface area contributed by atoms with Crippen LogP contribution in [0.25, 0.3) is 0 Å². The molecule has 0 aromatic rings. The SMILES string of the molecule is C=C.C=C.O=C1CCC(=O)O1. The van der Waals surface area contributed by atoms with Crippen molar-refractivity contribution in [2.75, 3.05) is 0 Å². The van der Waals surface area contributed by atoms with Crippen LogP contribution in [0, 0.1) is 0 Å². The highest BCUT2D eigenvalue weighted by Crippen LogP contribution is 2.03. The van der Waals surface area contributed by atoms with Gasteiger partial charge in [-0.3, -0.25) is 9.59 Å². The molecule has 0 aliphatic carbocycles. The zero-order valence-electron chi connectivity index (χ0n) is 6.47. The van der Waals surface area contributed by atoms with Gasteiger partial charge in [0, 0.05) is 0 Å². The highest BCUT2D eigenvalue weighted by atomic mass is 16.6. The largest absolute Gasteiger partial charge is 0.393 e. The van der Waals surface area contributed by atoms with Crippen LogP contribution < -0.4 is 0 Å². The van der Waals surface area contributed by atoms with Crippen LogP contribution >= 0.6 is 0 Å². The van der Waals surface area contributed by atoms with Crippen molar-refractivity contribution in [1.29, 1.82) is 0 Å². The van der Waals surface area contributed by atoms with Crippen LogP contribution in [-0.2, 0) is 14.3 Å². The first-order valence-electron chi connectivity index (χ1n) is 3.02. The number of carbonyl (C=O) groups is 2. The van der Waals surface area contributed by atoms with E-state index in [1.807, 2.05) is 0 Å². The van der Waals surface area contributed by atoms with Crippen molar-refractivity contribution in [1.82, 2.24) is 0 Å². The van der Waals surface area contributed by atoms with E-state index in [9.17, 15) is 9.59 Å². The Balaban J connectivity index is 0. The quantitative estimate of drug-likeness (QED) is 0.303. The summed E-state index contributed by atoms with van der Waals surface area (Å²) in [5.74, 6) is -0.796. The summed E-state index contributed by atoms with van der Waals surface area (Å²) in [5, 5.41) is 0. The fraction of sp³-hybridized carbons (Fsp3) is 0.250. The number of rotatable bonds is 0. The molecule has 62 valence electrons. The predicted molar refractivity (Wildman–Crippen MR) is 42.8 cm³/mol. The first-order valence-corrected chi connectivity index (χ1v) is 3.02. The van der Waals surface area contributed by atoms with Gasteiger partial charge < -0.3 is 4.74 Å². The highest BCUT2D eigenvalue weighted by molar-refractivity contribution is 5.92. The summed E-state index contributed by atoms with van der Waals surface area (Å²) in [6.45, 7) is 12.0. The molecule has 0 spiro atoms. The molecular weight excluding hydrogens is 144 g/mol. The predicted octanol–water partition coefficient (Wildman–Crippen LogP) is 1.45. The molecule has 1 heterocycles. The summed E-state index contributed by atoms with van der Waals surface area (Å²) in [7, 11) is 0. The molecule has 0 unspecified atom stereocenters. The topological polar surface area (TPSA) is 43.4 Å². The lowest BCUT2D eigenvalue weighted by atomic mass is 10.4. The average molecular weight is 156 g/mol. The summed E-state index contributed by atoms with van der Waals surface area (Å²) in [6, 6.07) is 0. The maximum Gasteiger partial charge on any atom is 0.314 e. The van der Waals surface area contributed by atoms with E-state index in [-0.39, 0.29) is 12.8 Å². The van der Waals surface area contributed by atoms with E-state index < -0.39 is 11.9 Å². The van der Waals surface area contributed by atoms with E-state index in [0.29, 0.717) is 0 Å². The van der Waals surface area contributed by atoms with Crippen LogP contribution in [0.3, 0.4) is 0 Å². The van der Waals surface area contributed by atoms with E-state index in [1.165, 1.54) is 0 Å². The lowest BCUT2D eigenvalue weighted by molar-refractivity contribution is -0.151. The van der Waals surface area contributed by atoms with E-state index in [1.54, 1.807) is 0 Å². The molecule has 0 N–H and O–H groups in total. The molecule has 0 saturated carbocycles. The average Bonchev–Trinajstić information content (AvgIpc) is 2.43. The molecule has 0 aromatic heterocycles. The number of hydrogen-bond acceptors (Lipinski definition) is 3. The minimum atomic E-state index is -0.398. The van der Waals surface area contributed by atoms with E-state index in [2.05, 4.69) is 31.1 Å². The van der Waals surface area contributed by atoms with E-state index >= 15 is 0 Å². The Hall–Kier alpha value is -1.38. The van der Waals surface area contributed by atoms with Gasteiger partial charge in [0.2, 0.25) is 0 Å². The molecular formula is C8H12O3. The molecule has 0 bridgehead atoms. The van der Waals surface area contributed by atoms with Crippen molar-refractivity contribution in [2.24, 2.45) is 0 Å². The number of carbonyl (C=O) groups excluding carboxylic acids is 2. The van der Waals surface area contributed by atoms with Crippen molar-refractivity contribution in [2.45, 2.75) is 12.8 Å². The van der Waals surface area contributed by atoms with Crippen LogP contribution in [-0.4, -0.2) is 11.9 Å². The van der Waals surface area contributed by atoms with Gasteiger partial charge in [-0.1, -0.05) is 0 Å². The summed E-state index contributed by atoms with van der Waals surface area (Å²) in [5.41, 5.74) is 0. The van der Waals surface area contributed by atoms with Gasteiger partial charge in [-0.15, -0.1) is 26.3 Å². The standard InChI is InChI=1S/C4H4O3.2C2H4/c5-3-1-2-4(6)7-3;2*1-2/h1-2H2;2*1-2H2. The summed E-state index contributed by atoms with van der Waals surface area (Å²) >= 11 is 0. The fourth-order valence-corrected chi connectivity index (χ4v) is 0.433. The van der Waals surface area contributed by atoms with Crippen LogP contribution in [0.2, 0.25) is 0 Å². The molecule has 0 amide bonds. The third-order valence-corrected chi connectivity index (χ3v) is 0.761. The van der Waals surface area contributed by atoms with Gasteiger partial charge >= 0.3 is 11.9 Å². The zero-order valence-corrected chi connectivity index (χ0v) is 6.47. The first-order chi connectivity index (χ1) is 5.29. The Labute approximate surface area is 66.4 Å². The second kappa shape index (κ2) is 8.62. The molecule has 3 heteroatoms. The molecule has 1 fully saturated rings. The molecule has 0 radical (unpaired) electrons. The smallest absolute Gasteiger partial charge is 0.314 e. The Kier molecular flexibility index (Phi) is 9.65. The number of esters is 2. The van der Waals surface area contributed by atoms with Gasteiger partial charge in [0.05, 0.1) is 12.8 Å². The van der Waals surface area contributed by atoms with Crippen molar-refractivity contribution >= 4 is 11.9 Å². The Morgan fingerprint density at radius 2 is 1.18 bits per heavy atom. The molecule has 11 heavy (non-hydrogen) atoms.